The Morgan fingerprint density at radius 3 is 2.47 bits per heavy atom. The van der Waals surface area contributed by atoms with Gasteiger partial charge in [-0.15, -0.1) is 0 Å². The average Bonchev–Trinajstić information content (AvgIpc) is 3.37. The number of benzene rings is 1. The maximum absolute atomic E-state index is 13.3. The Morgan fingerprint density at radius 1 is 1.03 bits per heavy atom. The zero-order chi connectivity index (χ0) is 26.6. The summed E-state index contributed by atoms with van der Waals surface area (Å²) in [7, 11) is 3.12. The van der Waals surface area contributed by atoms with Crippen molar-refractivity contribution < 1.29 is 24.2 Å². The van der Waals surface area contributed by atoms with Crippen LogP contribution in [0.1, 0.15) is 41.6 Å². The number of hydrogen-bond acceptors (Lipinski definition) is 7. The Labute approximate surface area is 219 Å². The van der Waals surface area contributed by atoms with Gasteiger partial charge in [0.05, 0.1) is 55.0 Å². The zero-order valence-corrected chi connectivity index (χ0v) is 21.3. The van der Waals surface area contributed by atoms with Crippen LogP contribution in [0.25, 0.3) is 22.2 Å². The number of nitrogens with zero attached hydrogens (tertiary/aromatic N) is 4. The number of amides is 1. The molecule has 5 rings (SSSR count). The minimum Gasteiger partial charge on any atom is -0.481 e. The van der Waals surface area contributed by atoms with E-state index in [2.05, 4.69) is 20.4 Å². The van der Waals surface area contributed by atoms with Crippen LogP contribution in [0.15, 0.2) is 54.9 Å². The summed E-state index contributed by atoms with van der Waals surface area (Å²) in [6.07, 6.45) is 5.53. The molecular weight excluding hydrogens is 486 g/mol. The van der Waals surface area contributed by atoms with Gasteiger partial charge in [0, 0.05) is 23.9 Å². The average molecular weight is 516 g/mol. The smallest absolute Gasteiger partial charge is 0.306 e. The molecule has 0 saturated heterocycles. The van der Waals surface area contributed by atoms with E-state index in [-0.39, 0.29) is 17.9 Å². The first kappa shape index (κ1) is 25.2. The third-order valence-corrected chi connectivity index (χ3v) is 7.00. The van der Waals surface area contributed by atoms with Gasteiger partial charge < -0.3 is 19.9 Å². The van der Waals surface area contributed by atoms with Crippen LogP contribution < -0.4 is 14.8 Å². The van der Waals surface area contributed by atoms with Crippen LogP contribution in [0, 0.1) is 5.92 Å². The molecule has 1 amide bonds. The summed E-state index contributed by atoms with van der Waals surface area (Å²) in [6.45, 7) is 0.437. The van der Waals surface area contributed by atoms with E-state index in [1.807, 2.05) is 36.4 Å². The van der Waals surface area contributed by atoms with E-state index in [0.717, 1.165) is 16.8 Å². The van der Waals surface area contributed by atoms with Crippen LogP contribution in [0.5, 0.6) is 11.8 Å². The van der Waals surface area contributed by atoms with E-state index in [1.165, 1.54) is 13.3 Å². The highest BCUT2D eigenvalue weighted by Gasteiger charge is 2.28. The van der Waals surface area contributed by atoms with Gasteiger partial charge in [0.2, 0.25) is 11.8 Å². The summed E-state index contributed by atoms with van der Waals surface area (Å²) in [6, 6.07) is 13.5. The molecule has 1 aliphatic carbocycles. The molecule has 38 heavy (non-hydrogen) atoms. The lowest BCUT2D eigenvalue weighted by atomic mass is 9.86. The molecule has 1 fully saturated rings. The van der Waals surface area contributed by atoms with E-state index < -0.39 is 5.97 Å². The Kier molecular flexibility index (Phi) is 7.21. The van der Waals surface area contributed by atoms with E-state index >= 15 is 0 Å². The fourth-order valence-electron chi connectivity index (χ4n) is 4.92. The predicted octanol–water partition coefficient (Wildman–Crippen LogP) is 3.93. The predicted molar refractivity (Wildman–Crippen MR) is 140 cm³/mol. The quantitative estimate of drug-likeness (QED) is 0.361. The molecular formula is C28H29N5O5. The minimum absolute atomic E-state index is 0.0793. The maximum Gasteiger partial charge on any atom is 0.306 e. The molecule has 1 aromatic carbocycles. The number of carboxylic acids is 1. The van der Waals surface area contributed by atoms with Gasteiger partial charge in [-0.25, -0.2) is 9.97 Å². The van der Waals surface area contributed by atoms with Crippen molar-refractivity contribution in [3.05, 3.63) is 66.0 Å². The van der Waals surface area contributed by atoms with Crippen molar-refractivity contribution in [2.75, 3.05) is 14.2 Å². The standard InChI is InChI=1S/C28H29N5O5/c1-37-24-5-3-4-23(32-24)18-8-6-17(7-9-18)16-33-25-21(14-29-27(38-2)22(25)15-30-33)26(34)31-20-12-10-19(11-13-20)28(35)36/h3-9,14-15,19-20H,10-13,16H2,1-2H3,(H,31,34)(H,35,36). The lowest BCUT2D eigenvalue weighted by Gasteiger charge is -2.27. The van der Waals surface area contributed by atoms with Gasteiger partial charge in [-0.1, -0.05) is 30.3 Å². The topological polar surface area (TPSA) is 128 Å². The molecule has 0 atom stereocenters. The normalized spacial score (nSPS) is 17.2. The second kappa shape index (κ2) is 10.9. The van der Waals surface area contributed by atoms with Crippen LogP contribution in [0.3, 0.4) is 0 Å². The molecule has 2 N–H and O–H groups in total. The zero-order valence-electron chi connectivity index (χ0n) is 21.3. The van der Waals surface area contributed by atoms with Gasteiger partial charge in [0.15, 0.2) is 0 Å². The Hall–Kier alpha value is -4.47. The number of aliphatic carboxylic acids is 1. The van der Waals surface area contributed by atoms with E-state index in [9.17, 15) is 14.7 Å². The lowest BCUT2D eigenvalue weighted by molar-refractivity contribution is -0.142. The number of methoxy groups -OCH3 is 2. The number of carbonyl (C=O) groups is 2. The fraction of sp³-hybridized carbons (Fsp3) is 0.321. The number of ether oxygens (including phenoxy) is 2. The highest BCUT2D eigenvalue weighted by atomic mass is 16.5. The number of carbonyl (C=O) groups excluding carboxylic acids is 1. The fourth-order valence-corrected chi connectivity index (χ4v) is 4.92. The van der Waals surface area contributed by atoms with Crippen molar-refractivity contribution in [2.24, 2.45) is 5.92 Å². The Balaban J connectivity index is 1.38. The number of nitrogens with one attached hydrogen (secondary N) is 1. The van der Waals surface area contributed by atoms with Crippen molar-refractivity contribution >= 4 is 22.8 Å². The number of rotatable bonds is 8. The van der Waals surface area contributed by atoms with Gasteiger partial charge in [0.25, 0.3) is 5.91 Å². The summed E-state index contributed by atoms with van der Waals surface area (Å²) in [5, 5.41) is 17.5. The van der Waals surface area contributed by atoms with E-state index in [1.54, 1.807) is 24.1 Å². The largest absolute Gasteiger partial charge is 0.481 e. The molecule has 1 aliphatic rings. The van der Waals surface area contributed by atoms with Gasteiger partial charge in [-0.3, -0.25) is 14.3 Å². The summed E-state index contributed by atoms with van der Waals surface area (Å²) in [5.74, 6) is -0.426. The number of fused-ring (bicyclic) bond motifs is 1. The summed E-state index contributed by atoms with van der Waals surface area (Å²) in [5.41, 5.74) is 3.80. The molecule has 10 nitrogen and oxygen atoms in total. The molecule has 196 valence electrons. The number of pyridine rings is 2. The summed E-state index contributed by atoms with van der Waals surface area (Å²) < 4.78 is 12.4. The molecule has 3 heterocycles. The second-order valence-electron chi connectivity index (χ2n) is 9.37. The van der Waals surface area contributed by atoms with E-state index in [4.69, 9.17) is 9.47 Å². The third kappa shape index (κ3) is 5.15. The van der Waals surface area contributed by atoms with Crippen LogP contribution in [0.4, 0.5) is 0 Å². The second-order valence-corrected chi connectivity index (χ2v) is 9.37. The highest BCUT2D eigenvalue weighted by Crippen LogP contribution is 2.29. The van der Waals surface area contributed by atoms with Gasteiger partial charge in [-0.2, -0.15) is 5.10 Å². The SMILES string of the molecule is COc1cccc(-c2ccc(Cn3ncc4c(OC)ncc(C(=O)NC5CCC(C(=O)O)CC5)c43)cc2)n1. The van der Waals surface area contributed by atoms with Crippen molar-refractivity contribution in [1.82, 2.24) is 25.1 Å². The minimum atomic E-state index is -0.771. The maximum atomic E-state index is 13.3. The van der Waals surface area contributed by atoms with Crippen LogP contribution in [-0.4, -0.2) is 57.0 Å². The summed E-state index contributed by atoms with van der Waals surface area (Å²) in [4.78, 5) is 33.4. The first-order valence-electron chi connectivity index (χ1n) is 12.5. The molecule has 0 spiro atoms. The Bertz CT molecular complexity index is 1460. The van der Waals surface area contributed by atoms with Crippen molar-refractivity contribution in [3.8, 4) is 23.0 Å². The third-order valence-electron chi connectivity index (χ3n) is 7.00. The molecule has 0 aliphatic heterocycles. The number of hydrogen-bond donors (Lipinski definition) is 2. The summed E-state index contributed by atoms with van der Waals surface area (Å²) >= 11 is 0. The highest BCUT2D eigenvalue weighted by molar-refractivity contribution is 6.06. The first-order chi connectivity index (χ1) is 18.5. The van der Waals surface area contributed by atoms with Gasteiger partial charge >= 0.3 is 5.97 Å². The van der Waals surface area contributed by atoms with Gasteiger partial charge in [-0.05, 0) is 37.3 Å². The molecule has 10 heteroatoms. The molecule has 0 unspecified atom stereocenters. The van der Waals surface area contributed by atoms with Crippen LogP contribution in [0.2, 0.25) is 0 Å². The number of carboxylic acid groups (broad SMARTS) is 1. The van der Waals surface area contributed by atoms with Gasteiger partial charge in [0.1, 0.15) is 0 Å². The Morgan fingerprint density at radius 2 is 1.79 bits per heavy atom. The van der Waals surface area contributed by atoms with Crippen LogP contribution >= 0.6 is 0 Å². The first-order valence-corrected chi connectivity index (χ1v) is 12.5. The molecule has 1 saturated carbocycles. The molecule has 0 bridgehead atoms. The van der Waals surface area contributed by atoms with Crippen LogP contribution in [-0.2, 0) is 11.3 Å². The van der Waals surface area contributed by atoms with Crippen molar-refractivity contribution in [3.63, 3.8) is 0 Å². The monoisotopic (exact) mass is 515 g/mol. The van der Waals surface area contributed by atoms with Crippen molar-refractivity contribution in [2.45, 2.75) is 38.3 Å². The molecule has 0 radical (unpaired) electrons. The molecule has 4 aromatic rings. The van der Waals surface area contributed by atoms with E-state index in [0.29, 0.717) is 60.5 Å². The molecule has 3 aromatic heterocycles. The lowest BCUT2D eigenvalue weighted by Crippen LogP contribution is -2.39. The number of aromatic nitrogens is 4. The van der Waals surface area contributed by atoms with Crippen molar-refractivity contribution in [1.29, 1.82) is 0 Å².